The number of anilines is 2. The Morgan fingerprint density at radius 1 is 1.11 bits per heavy atom. The van der Waals surface area contributed by atoms with E-state index in [0.29, 0.717) is 30.5 Å². The summed E-state index contributed by atoms with van der Waals surface area (Å²) in [5.41, 5.74) is 4.99. The second-order valence-corrected chi connectivity index (χ2v) is 9.40. The molecule has 0 spiro atoms. The van der Waals surface area contributed by atoms with Crippen molar-refractivity contribution in [2.45, 2.75) is 37.8 Å². The van der Waals surface area contributed by atoms with Crippen LogP contribution in [0.25, 0.3) is 22.4 Å². The Balaban J connectivity index is 1.17. The minimum atomic E-state index is -0.162. The van der Waals surface area contributed by atoms with Gasteiger partial charge in [-0.1, -0.05) is 0 Å². The molecule has 1 N–H and O–H groups in total. The van der Waals surface area contributed by atoms with E-state index in [1.807, 2.05) is 18.5 Å². The Morgan fingerprint density at radius 2 is 2.03 bits per heavy atom. The lowest BCUT2D eigenvalue weighted by molar-refractivity contribution is -0.00346. The molecule has 0 aromatic carbocycles. The van der Waals surface area contributed by atoms with Gasteiger partial charge < -0.3 is 19.5 Å². The van der Waals surface area contributed by atoms with Crippen molar-refractivity contribution >= 4 is 28.7 Å². The van der Waals surface area contributed by atoms with Crippen molar-refractivity contribution in [3.8, 4) is 11.3 Å². The minimum absolute atomic E-state index is 0.0652. The van der Waals surface area contributed by atoms with Crippen LogP contribution in [0.4, 0.5) is 11.6 Å². The van der Waals surface area contributed by atoms with E-state index in [9.17, 15) is 4.79 Å². The lowest BCUT2D eigenvalue weighted by Gasteiger charge is -2.29. The van der Waals surface area contributed by atoms with E-state index < -0.39 is 0 Å². The van der Waals surface area contributed by atoms with Crippen LogP contribution < -0.4 is 10.2 Å². The molecule has 0 bridgehead atoms. The number of rotatable bonds is 5. The molecule has 1 saturated heterocycles. The van der Waals surface area contributed by atoms with E-state index in [4.69, 9.17) is 9.72 Å². The first-order valence-electron chi connectivity index (χ1n) is 12.0. The molecule has 35 heavy (non-hydrogen) atoms. The fourth-order valence-corrected chi connectivity index (χ4v) is 4.70. The molecule has 1 saturated carbocycles. The van der Waals surface area contributed by atoms with Crippen molar-refractivity contribution in [2.24, 2.45) is 0 Å². The zero-order valence-electron chi connectivity index (χ0n) is 19.1. The predicted molar refractivity (Wildman–Crippen MR) is 128 cm³/mol. The minimum Gasteiger partial charge on any atom is -0.377 e. The fraction of sp³-hybridized carbons (Fsp3) is 0.360. The second kappa shape index (κ2) is 8.09. The zero-order valence-corrected chi connectivity index (χ0v) is 19.1. The van der Waals surface area contributed by atoms with Gasteiger partial charge in [0.15, 0.2) is 11.5 Å². The molecule has 7 rings (SSSR count). The third-order valence-electron chi connectivity index (χ3n) is 6.83. The van der Waals surface area contributed by atoms with Crippen LogP contribution in [-0.4, -0.2) is 61.4 Å². The number of fused-ring (bicyclic) bond motifs is 2. The Labute approximate surface area is 201 Å². The number of amides is 1. The number of carbonyl (C=O) groups excluding carboxylic acids is 1. The summed E-state index contributed by atoms with van der Waals surface area (Å²) in [5, 5.41) is 11.9. The van der Waals surface area contributed by atoms with Gasteiger partial charge in [0.25, 0.3) is 5.91 Å². The van der Waals surface area contributed by atoms with E-state index >= 15 is 0 Å². The SMILES string of the molecule is O=C(NC1COC1)c1cncc(-c2ccc(N3CCCc4cc5ncn(C6CC6)c5nc43)nn2)c1. The quantitative estimate of drug-likeness (QED) is 0.476. The van der Waals surface area contributed by atoms with Crippen LogP contribution >= 0.6 is 0 Å². The van der Waals surface area contributed by atoms with Crippen LogP contribution in [0.3, 0.4) is 0 Å². The Morgan fingerprint density at radius 3 is 2.80 bits per heavy atom. The molecule has 176 valence electrons. The summed E-state index contributed by atoms with van der Waals surface area (Å²) in [6.45, 7) is 1.93. The highest BCUT2D eigenvalue weighted by atomic mass is 16.5. The predicted octanol–water partition coefficient (Wildman–Crippen LogP) is 2.83. The highest BCUT2D eigenvalue weighted by Gasteiger charge is 2.28. The van der Waals surface area contributed by atoms with Crippen LogP contribution in [0.15, 0.2) is 43.0 Å². The molecule has 0 radical (unpaired) electrons. The molecule has 4 aromatic rings. The average molecular weight is 469 g/mol. The molecule has 3 aliphatic rings. The summed E-state index contributed by atoms with van der Waals surface area (Å²) < 4.78 is 7.32. The highest BCUT2D eigenvalue weighted by Crippen LogP contribution is 2.39. The molecule has 6 heterocycles. The number of carbonyl (C=O) groups is 1. The molecule has 0 unspecified atom stereocenters. The number of pyridine rings is 2. The molecule has 4 aromatic heterocycles. The first-order chi connectivity index (χ1) is 17.2. The summed E-state index contributed by atoms with van der Waals surface area (Å²) in [4.78, 5) is 28.5. The van der Waals surface area contributed by atoms with Gasteiger partial charge in [-0.3, -0.25) is 9.78 Å². The maximum atomic E-state index is 12.5. The van der Waals surface area contributed by atoms with Gasteiger partial charge >= 0.3 is 0 Å². The van der Waals surface area contributed by atoms with E-state index in [1.165, 1.54) is 18.4 Å². The normalized spacial score (nSPS) is 17.8. The van der Waals surface area contributed by atoms with Gasteiger partial charge in [0.05, 0.1) is 36.8 Å². The van der Waals surface area contributed by atoms with Crippen molar-refractivity contribution in [2.75, 3.05) is 24.7 Å². The van der Waals surface area contributed by atoms with Crippen LogP contribution in [0.2, 0.25) is 0 Å². The zero-order chi connectivity index (χ0) is 23.4. The summed E-state index contributed by atoms with van der Waals surface area (Å²) in [5.74, 6) is 1.53. The number of nitrogens with zero attached hydrogens (tertiary/aromatic N) is 7. The van der Waals surface area contributed by atoms with E-state index in [0.717, 1.165) is 47.7 Å². The standard InChI is InChI=1S/C25H24N8O2/c34-25(28-18-12-35-13-18)17-8-16(10-26-11-17)20-5-6-22(31-30-20)32-7-1-2-15-9-21-24(29-23(15)32)33(14-27-21)19-3-4-19/h5-6,8-11,14,18-19H,1-4,7,12-13H2,(H,28,34). The first kappa shape index (κ1) is 20.5. The highest BCUT2D eigenvalue weighted by molar-refractivity contribution is 5.95. The lowest BCUT2D eigenvalue weighted by Crippen LogP contribution is -2.48. The summed E-state index contributed by atoms with van der Waals surface area (Å²) in [7, 11) is 0. The molecule has 2 aliphatic heterocycles. The molecule has 1 aliphatic carbocycles. The largest absolute Gasteiger partial charge is 0.377 e. The monoisotopic (exact) mass is 468 g/mol. The second-order valence-electron chi connectivity index (χ2n) is 9.40. The molecular formula is C25H24N8O2. The van der Waals surface area contributed by atoms with E-state index in [1.54, 1.807) is 18.5 Å². The Bertz CT molecular complexity index is 1430. The van der Waals surface area contributed by atoms with Crippen LogP contribution in [0, 0.1) is 0 Å². The van der Waals surface area contributed by atoms with Gasteiger partial charge in [-0.2, -0.15) is 0 Å². The number of imidazole rings is 1. The lowest BCUT2D eigenvalue weighted by atomic mass is 10.1. The number of aryl methyl sites for hydroxylation is 1. The maximum Gasteiger partial charge on any atom is 0.253 e. The Hall–Kier alpha value is -3.92. The van der Waals surface area contributed by atoms with Gasteiger partial charge in [0.1, 0.15) is 11.3 Å². The third kappa shape index (κ3) is 3.70. The average Bonchev–Trinajstić information content (AvgIpc) is 3.64. The topological polar surface area (TPSA) is 111 Å². The van der Waals surface area contributed by atoms with Gasteiger partial charge in [-0.15, -0.1) is 10.2 Å². The molecule has 2 fully saturated rings. The smallest absolute Gasteiger partial charge is 0.253 e. The third-order valence-corrected chi connectivity index (χ3v) is 6.83. The molecular weight excluding hydrogens is 444 g/mol. The maximum absolute atomic E-state index is 12.5. The van der Waals surface area contributed by atoms with Gasteiger partial charge in [0, 0.05) is 30.5 Å². The van der Waals surface area contributed by atoms with E-state index in [-0.39, 0.29) is 11.9 Å². The molecule has 0 atom stereocenters. The molecule has 10 nitrogen and oxygen atoms in total. The number of hydrogen-bond acceptors (Lipinski definition) is 8. The molecule has 1 amide bonds. The van der Waals surface area contributed by atoms with Crippen LogP contribution in [-0.2, 0) is 11.2 Å². The fourth-order valence-electron chi connectivity index (χ4n) is 4.70. The number of aromatic nitrogens is 6. The van der Waals surface area contributed by atoms with E-state index in [2.05, 4.69) is 41.0 Å². The summed E-state index contributed by atoms with van der Waals surface area (Å²) in [6, 6.07) is 8.43. The first-order valence-corrected chi connectivity index (χ1v) is 12.0. The van der Waals surface area contributed by atoms with Crippen molar-refractivity contribution in [3.63, 3.8) is 0 Å². The van der Waals surface area contributed by atoms with Crippen molar-refractivity contribution in [1.29, 1.82) is 0 Å². The van der Waals surface area contributed by atoms with Gasteiger partial charge in [0.2, 0.25) is 0 Å². The molecule has 10 heteroatoms. The number of nitrogens with one attached hydrogen (secondary N) is 1. The number of hydrogen-bond donors (Lipinski definition) is 1. The van der Waals surface area contributed by atoms with Crippen LogP contribution in [0.1, 0.15) is 41.2 Å². The summed E-state index contributed by atoms with van der Waals surface area (Å²) >= 11 is 0. The summed E-state index contributed by atoms with van der Waals surface area (Å²) in [6.07, 6.45) is 9.54. The van der Waals surface area contributed by atoms with Crippen molar-refractivity contribution in [3.05, 3.63) is 54.1 Å². The Kier molecular flexibility index (Phi) is 4.73. The van der Waals surface area contributed by atoms with Gasteiger partial charge in [-0.25, -0.2) is 9.97 Å². The van der Waals surface area contributed by atoms with Crippen molar-refractivity contribution in [1.82, 2.24) is 35.0 Å². The van der Waals surface area contributed by atoms with Gasteiger partial charge in [-0.05, 0) is 55.5 Å². The van der Waals surface area contributed by atoms with Crippen LogP contribution in [0.5, 0.6) is 0 Å². The number of ether oxygens (including phenoxy) is 1. The van der Waals surface area contributed by atoms with Crippen molar-refractivity contribution < 1.29 is 9.53 Å².